The second-order valence-corrected chi connectivity index (χ2v) is 17.9. The maximum absolute atomic E-state index is 13.2. The number of carbonyl (C=O) groups excluding carboxylic acids is 1. The number of imidazole rings is 1. The minimum atomic E-state index is -0.337. The molecule has 0 bridgehead atoms. The Hall–Kier alpha value is -1.02. The number of halogens is 2. The maximum Gasteiger partial charge on any atom is 0.244 e. The molecule has 45 heavy (non-hydrogen) atoms. The van der Waals surface area contributed by atoms with Crippen LogP contribution in [0.4, 0.5) is 0 Å². The molecule has 0 amide bonds. The fourth-order valence-corrected chi connectivity index (χ4v) is 13.7. The van der Waals surface area contributed by atoms with Crippen molar-refractivity contribution in [1.29, 1.82) is 0 Å². The van der Waals surface area contributed by atoms with Gasteiger partial charge in [-0.05, 0) is 110 Å². The number of benzene rings is 1. The first-order chi connectivity index (χ1) is 21.1. The molecule has 0 N–H and O–H groups in total. The van der Waals surface area contributed by atoms with Crippen LogP contribution >= 0.6 is 15.9 Å². The van der Waals surface area contributed by atoms with Crippen LogP contribution in [0.15, 0.2) is 47.5 Å². The summed E-state index contributed by atoms with van der Waals surface area (Å²) in [6.45, 7) is 11.4. The smallest absolute Gasteiger partial charge is 0.244 e. The Morgan fingerprint density at radius 1 is 1.09 bits per heavy atom. The van der Waals surface area contributed by atoms with Gasteiger partial charge < -0.3 is 26.5 Å². The van der Waals surface area contributed by atoms with E-state index in [0.717, 1.165) is 46.7 Å². The van der Waals surface area contributed by atoms with Crippen molar-refractivity contribution in [3.05, 3.63) is 53.0 Å². The lowest BCUT2D eigenvalue weighted by Crippen LogP contribution is -3.00. The molecule has 2 aliphatic heterocycles. The van der Waals surface area contributed by atoms with Gasteiger partial charge >= 0.3 is 0 Å². The largest absolute Gasteiger partial charge is 1.00 e. The quantitative estimate of drug-likeness (QED) is 0.327. The van der Waals surface area contributed by atoms with Gasteiger partial charge in [0.2, 0.25) is 12.1 Å². The molecule has 7 aliphatic rings. The van der Waals surface area contributed by atoms with Gasteiger partial charge in [-0.25, -0.2) is 9.13 Å². The molecule has 13 atom stereocenters. The molecule has 2 saturated heterocycles. The van der Waals surface area contributed by atoms with Crippen molar-refractivity contribution in [2.75, 3.05) is 6.61 Å². The predicted octanol–water partition coefficient (Wildman–Crippen LogP) is 5.02. The molecule has 244 valence electrons. The molecule has 7 heteroatoms. The third-order valence-electron chi connectivity index (χ3n) is 15.4. The highest BCUT2D eigenvalue weighted by atomic mass is 79.9. The zero-order valence-corrected chi connectivity index (χ0v) is 30.6. The number of Topliss-reactive ketones (excluding diaryl/α,β-unsaturated/α-hetero) is 1. The second-order valence-electron chi connectivity index (χ2n) is 17.0. The summed E-state index contributed by atoms with van der Waals surface area (Å²) in [5, 5.41) is 0. The molecule has 1 aromatic carbocycles. The Bertz CT molecular complexity index is 1500. The Labute approximate surface area is 288 Å². The van der Waals surface area contributed by atoms with Gasteiger partial charge in [-0.3, -0.25) is 4.79 Å². The van der Waals surface area contributed by atoms with E-state index in [1.807, 2.05) is 24.3 Å². The van der Waals surface area contributed by atoms with Crippen LogP contribution in [0, 0.1) is 57.7 Å². The highest BCUT2D eigenvalue weighted by Crippen LogP contribution is 2.84. The van der Waals surface area contributed by atoms with E-state index in [1.54, 1.807) is 0 Å². The number of rotatable bonds is 4. The Balaban J connectivity index is 0.00000300. The number of ether oxygens (including phenoxy) is 2. The summed E-state index contributed by atoms with van der Waals surface area (Å²) in [5.41, 5.74) is 1.95. The van der Waals surface area contributed by atoms with Crippen LogP contribution in [0.3, 0.4) is 0 Å². The molecule has 5 saturated carbocycles. The van der Waals surface area contributed by atoms with E-state index >= 15 is 0 Å². The van der Waals surface area contributed by atoms with E-state index in [1.165, 1.54) is 51.4 Å². The van der Waals surface area contributed by atoms with Gasteiger partial charge in [0.1, 0.15) is 18.4 Å². The van der Waals surface area contributed by atoms with Crippen LogP contribution in [0.2, 0.25) is 0 Å². The first-order valence-electron chi connectivity index (χ1n) is 17.7. The summed E-state index contributed by atoms with van der Waals surface area (Å²) >= 11 is 3.53. The molecule has 2 aromatic rings. The maximum atomic E-state index is 13.2. The normalized spacial score (nSPS) is 49.0. The zero-order chi connectivity index (χ0) is 30.2. The van der Waals surface area contributed by atoms with Crippen molar-refractivity contribution in [3.63, 3.8) is 0 Å². The average molecular weight is 743 g/mol. The third-order valence-corrected chi connectivity index (χ3v) is 15.9. The molecule has 5 nitrogen and oxygen atoms in total. The van der Waals surface area contributed by atoms with Crippen LogP contribution in [0.1, 0.15) is 102 Å². The molecule has 7 fully saturated rings. The van der Waals surface area contributed by atoms with E-state index < -0.39 is 0 Å². The molecule has 5 aliphatic carbocycles. The van der Waals surface area contributed by atoms with Crippen LogP contribution < -0.4 is 21.5 Å². The highest BCUT2D eigenvalue weighted by molar-refractivity contribution is 9.10. The molecule has 1 aromatic heterocycles. The van der Waals surface area contributed by atoms with Crippen LogP contribution in [-0.2, 0) is 16.0 Å². The number of hydrogen-bond acceptors (Lipinski definition) is 3. The van der Waals surface area contributed by atoms with Crippen LogP contribution in [0.25, 0.3) is 0 Å². The second kappa shape index (κ2) is 10.5. The van der Waals surface area contributed by atoms with Gasteiger partial charge in [-0.15, -0.1) is 0 Å². The zero-order valence-electron chi connectivity index (χ0n) is 27.4. The van der Waals surface area contributed by atoms with Gasteiger partial charge in [0.05, 0.1) is 12.7 Å². The molecule has 2 spiro atoms. The van der Waals surface area contributed by atoms with Gasteiger partial charge in [0.25, 0.3) is 0 Å². The Morgan fingerprint density at radius 3 is 2.69 bits per heavy atom. The van der Waals surface area contributed by atoms with Crippen molar-refractivity contribution < 1.29 is 35.8 Å². The van der Waals surface area contributed by atoms with Gasteiger partial charge in [0, 0.05) is 27.8 Å². The number of fused-ring (bicyclic) bond motifs is 6. The van der Waals surface area contributed by atoms with Crippen molar-refractivity contribution in [2.45, 2.75) is 110 Å². The fraction of sp³-hybridized carbons (Fsp3) is 0.737. The van der Waals surface area contributed by atoms with E-state index in [0.29, 0.717) is 52.7 Å². The van der Waals surface area contributed by atoms with E-state index in [4.69, 9.17) is 9.47 Å². The third kappa shape index (κ3) is 4.21. The summed E-state index contributed by atoms with van der Waals surface area (Å²) in [5.74, 6) is 4.74. The SMILES string of the molecule is C[C@@H]1CC[C@@]2(OC1)O[C@H]1C[C@H]3[C@@H]4C[C@H](n5cc[n+](CC(=O)c6cccc(Br)c6)c5)[C@]56C[C@H]5CC[C@]6(C)[C@H]4CC[C@]3(C)[C@H]1[C@@H]2C.[Br-]. The number of ketones is 1. The summed E-state index contributed by atoms with van der Waals surface area (Å²) in [6, 6.07) is 8.31. The van der Waals surface area contributed by atoms with Gasteiger partial charge in [-0.2, -0.15) is 0 Å². The van der Waals surface area contributed by atoms with Crippen molar-refractivity contribution in [1.82, 2.24) is 4.57 Å². The fourth-order valence-electron chi connectivity index (χ4n) is 13.3. The Kier molecular flexibility index (Phi) is 7.29. The number of hydrogen-bond donors (Lipinski definition) is 0. The lowest BCUT2D eigenvalue weighted by atomic mass is 9.44. The standard InChI is InChI=1S/C38H50BrN2O3.BrH/c1-23-8-13-38(43-21-23)24(2)34-32(44-38)18-30-28-17-33(37-19-26(37)9-12-36(37,4)29(28)10-11-35(30,34)3)41-15-14-40(22-41)20-31(42)25-6-5-7-27(39)16-25;/h5-7,14-16,22-24,26,28-30,32-34H,8-13,17-21H2,1-4H3;1H/q+1;/p-1/t23-,24+,26-,28-,29+,30+,32+,33+,34+,35+,36-,37+,38-;/m1./s1. The van der Waals surface area contributed by atoms with Crippen LogP contribution in [-0.4, -0.2) is 28.8 Å². The summed E-state index contributed by atoms with van der Waals surface area (Å²) < 4.78 is 19.3. The molecule has 0 unspecified atom stereocenters. The molecule has 9 rings (SSSR count). The predicted molar refractivity (Wildman–Crippen MR) is 172 cm³/mol. The molecule has 0 radical (unpaired) electrons. The number of nitrogens with zero attached hydrogens (tertiary/aromatic N) is 2. The first-order valence-corrected chi connectivity index (χ1v) is 18.5. The summed E-state index contributed by atoms with van der Waals surface area (Å²) in [4.78, 5) is 13.2. The molecular formula is C38H50Br2N2O3. The summed E-state index contributed by atoms with van der Waals surface area (Å²) in [7, 11) is 0. The van der Waals surface area contributed by atoms with Gasteiger partial charge in [0.15, 0.2) is 12.3 Å². The monoisotopic (exact) mass is 740 g/mol. The van der Waals surface area contributed by atoms with Crippen molar-refractivity contribution >= 4 is 21.7 Å². The highest BCUT2D eigenvalue weighted by Gasteiger charge is 2.79. The van der Waals surface area contributed by atoms with E-state index in [2.05, 4.69) is 71.5 Å². The molecular weight excluding hydrogens is 692 g/mol. The van der Waals surface area contributed by atoms with Crippen LogP contribution in [0.5, 0.6) is 0 Å². The first kappa shape index (κ1) is 31.3. The minimum absolute atomic E-state index is 0. The minimum Gasteiger partial charge on any atom is -1.00 e. The lowest BCUT2D eigenvalue weighted by molar-refractivity contribution is -0.682. The van der Waals surface area contributed by atoms with Crippen molar-refractivity contribution in [3.8, 4) is 0 Å². The number of carbonyl (C=O) groups is 1. The summed E-state index contributed by atoms with van der Waals surface area (Å²) in [6.07, 6.45) is 18.8. The molecule has 3 heterocycles. The Morgan fingerprint density at radius 2 is 1.93 bits per heavy atom. The van der Waals surface area contributed by atoms with E-state index in [-0.39, 0.29) is 28.6 Å². The lowest BCUT2D eigenvalue weighted by Gasteiger charge is -2.60. The average Bonchev–Trinajstić information content (AvgIpc) is 3.23. The number of aromatic nitrogens is 2. The van der Waals surface area contributed by atoms with E-state index in [9.17, 15) is 4.79 Å². The van der Waals surface area contributed by atoms with Crippen molar-refractivity contribution in [2.24, 2.45) is 57.7 Å². The van der Waals surface area contributed by atoms with Gasteiger partial charge in [-0.1, -0.05) is 55.8 Å². The topological polar surface area (TPSA) is 44.3 Å².